The standard InChI is InChI=1S/C18H28N4O/c1-19-18(23)17-6-5-16(13-20-17)22-11-7-15(8-12-22)14-21-9-3-2-4-10-21/h5-6,13,15H,2-4,7-12,14H2,1H3,(H,19,23). The van der Waals surface area contributed by atoms with E-state index >= 15 is 0 Å². The van der Waals surface area contributed by atoms with Crippen LogP contribution >= 0.6 is 0 Å². The highest BCUT2D eigenvalue weighted by Crippen LogP contribution is 2.24. The maximum atomic E-state index is 11.5. The number of aromatic nitrogens is 1. The number of hydrogen-bond acceptors (Lipinski definition) is 4. The lowest BCUT2D eigenvalue weighted by Gasteiger charge is -2.37. The van der Waals surface area contributed by atoms with Crippen LogP contribution in [-0.2, 0) is 0 Å². The number of nitrogens with one attached hydrogen (secondary N) is 1. The van der Waals surface area contributed by atoms with Crippen molar-refractivity contribution in [1.29, 1.82) is 0 Å². The minimum absolute atomic E-state index is 0.128. The second kappa shape index (κ2) is 7.77. The average Bonchev–Trinajstić information content (AvgIpc) is 2.63. The van der Waals surface area contributed by atoms with Gasteiger partial charge in [0.2, 0.25) is 0 Å². The molecule has 0 aromatic carbocycles. The molecule has 2 fully saturated rings. The van der Waals surface area contributed by atoms with E-state index in [1.54, 1.807) is 7.05 Å². The van der Waals surface area contributed by atoms with Crippen molar-refractivity contribution in [2.75, 3.05) is 44.7 Å². The Morgan fingerprint density at radius 3 is 2.52 bits per heavy atom. The Kier molecular flexibility index (Phi) is 5.49. The number of carbonyl (C=O) groups excluding carboxylic acids is 1. The topological polar surface area (TPSA) is 48.5 Å². The molecule has 5 heteroatoms. The van der Waals surface area contributed by atoms with Crippen LogP contribution in [0.1, 0.15) is 42.6 Å². The summed E-state index contributed by atoms with van der Waals surface area (Å²) in [5.74, 6) is 0.708. The van der Waals surface area contributed by atoms with Gasteiger partial charge in [-0.15, -0.1) is 0 Å². The van der Waals surface area contributed by atoms with E-state index in [1.165, 1.54) is 51.7 Å². The molecule has 126 valence electrons. The van der Waals surface area contributed by atoms with Gasteiger partial charge in [-0.25, -0.2) is 4.98 Å². The summed E-state index contributed by atoms with van der Waals surface area (Å²) >= 11 is 0. The van der Waals surface area contributed by atoms with E-state index in [9.17, 15) is 4.79 Å². The molecule has 1 aromatic heterocycles. The molecule has 3 heterocycles. The van der Waals surface area contributed by atoms with Crippen LogP contribution in [0.3, 0.4) is 0 Å². The fourth-order valence-corrected chi connectivity index (χ4v) is 3.72. The van der Waals surface area contributed by atoms with Crippen LogP contribution in [0.2, 0.25) is 0 Å². The third-order valence-corrected chi connectivity index (χ3v) is 5.15. The zero-order valence-electron chi connectivity index (χ0n) is 14.1. The highest BCUT2D eigenvalue weighted by molar-refractivity contribution is 5.92. The second-order valence-corrected chi connectivity index (χ2v) is 6.77. The monoisotopic (exact) mass is 316 g/mol. The van der Waals surface area contributed by atoms with Crippen LogP contribution in [0.5, 0.6) is 0 Å². The molecule has 2 aliphatic heterocycles. The van der Waals surface area contributed by atoms with E-state index in [2.05, 4.69) is 20.1 Å². The maximum absolute atomic E-state index is 11.5. The number of piperidine rings is 2. The molecule has 1 aromatic rings. The van der Waals surface area contributed by atoms with Gasteiger partial charge in [-0.05, 0) is 56.8 Å². The van der Waals surface area contributed by atoms with Crippen molar-refractivity contribution in [3.05, 3.63) is 24.0 Å². The molecule has 0 aliphatic carbocycles. The molecule has 2 saturated heterocycles. The normalized spacial score (nSPS) is 20.5. The first-order valence-electron chi connectivity index (χ1n) is 8.91. The lowest BCUT2D eigenvalue weighted by Crippen LogP contribution is -2.40. The molecule has 23 heavy (non-hydrogen) atoms. The summed E-state index contributed by atoms with van der Waals surface area (Å²) in [6.07, 6.45) is 8.51. The molecular weight excluding hydrogens is 288 g/mol. The lowest BCUT2D eigenvalue weighted by atomic mass is 9.95. The zero-order chi connectivity index (χ0) is 16.1. The number of anilines is 1. The lowest BCUT2D eigenvalue weighted by molar-refractivity contribution is 0.0958. The van der Waals surface area contributed by atoms with Crippen molar-refractivity contribution >= 4 is 11.6 Å². The van der Waals surface area contributed by atoms with Crippen LogP contribution in [0.25, 0.3) is 0 Å². The Labute approximate surface area is 139 Å². The van der Waals surface area contributed by atoms with Crippen LogP contribution < -0.4 is 10.2 Å². The van der Waals surface area contributed by atoms with E-state index in [0.717, 1.165) is 24.7 Å². The summed E-state index contributed by atoms with van der Waals surface area (Å²) in [5, 5.41) is 2.61. The van der Waals surface area contributed by atoms with E-state index in [0.29, 0.717) is 5.69 Å². The van der Waals surface area contributed by atoms with Gasteiger partial charge in [0.05, 0.1) is 11.9 Å². The van der Waals surface area contributed by atoms with Crippen molar-refractivity contribution in [2.24, 2.45) is 5.92 Å². The maximum Gasteiger partial charge on any atom is 0.269 e. The van der Waals surface area contributed by atoms with Gasteiger partial charge < -0.3 is 15.1 Å². The summed E-state index contributed by atoms with van der Waals surface area (Å²) in [7, 11) is 1.63. The Morgan fingerprint density at radius 1 is 1.17 bits per heavy atom. The zero-order valence-corrected chi connectivity index (χ0v) is 14.1. The summed E-state index contributed by atoms with van der Waals surface area (Å²) in [6.45, 7) is 6.07. The third-order valence-electron chi connectivity index (χ3n) is 5.15. The molecule has 5 nitrogen and oxygen atoms in total. The first kappa shape index (κ1) is 16.2. The Hall–Kier alpha value is -1.62. The van der Waals surface area contributed by atoms with E-state index in [-0.39, 0.29) is 5.91 Å². The van der Waals surface area contributed by atoms with E-state index in [1.807, 2.05) is 18.3 Å². The molecule has 0 spiro atoms. The quantitative estimate of drug-likeness (QED) is 0.924. The highest BCUT2D eigenvalue weighted by Gasteiger charge is 2.22. The van der Waals surface area contributed by atoms with E-state index < -0.39 is 0 Å². The predicted octanol–water partition coefficient (Wildman–Crippen LogP) is 2.14. The number of likely N-dealkylation sites (tertiary alicyclic amines) is 1. The molecule has 1 N–H and O–H groups in total. The van der Waals surface area contributed by atoms with Gasteiger partial charge in [0, 0.05) is 26.7 Å². The fraction of sp³-hybridized carbons (Fsp3) is 0.667. The molecular formula is C18H28N4O. The minimum atomic E-state index is -0.128. The van der Waals surface area contributed by atoms with Gasteiger partial charge in [0.1, 0.15) is 5.69 Å². The molecule has 0 unspecified atom stereocenters. The number of rotatable bonds is 4. The average molecular weight is 316 g/mol. The highest BCUT2D eigenvalue weighted by atomic mass is 16.1. The molecule has 2 aliphatic rings. The van der Waals surface area contributed by atoms with Gasteiger partial charge in [0.25, 0.3) is 5.91 Å². The Balaban J connectivity index is 1.49. The molecule has 0 bridgehead atoms. The SMILES string of the molecule is CNC(=O)c1ccc(N2CCC(CN3CCCCC3)CC2)cn1. The number of nitrogens with zero attached hydrogens (tertiary/aromatic N) is 3. The summed E-state index contributed by atoms with van der Waals surface area (Å²) in [4.78, 5) is 20.9. The van der Waals surface area contributed by atoms with Crippen LogP contribution in [0.15, 0.2) is 18.3 Å². The van der Waals surface area contributed by atoms with Crippen molar-refractivity contribution in [1.82, 2.24) is 15.2 Å². The molecule has 0 atom stereocenters. The largest absolute Gasteiger partial charge is 0.370 e. The van der Waals surface area contributed by atoms with Crippen LogP contribution in [0, 0.1) is 5.92 Å². The predicted molar refractivity (Wildman–Crippen MR) is 92.9 cm³/mol. The van der Waals surface area contributed by atoms with Crippen molar-refractivity contribution in [3.8, 4) is 0 Å². The Bertz CT molecular complexity index is 502. The summed E-state index contributed by atoms with van der Waals surface area (Å²) in [5.41, 5.74) is 1.62. The van der Waals surface area contributed by atoms with Crippen molar-refractivity contribution < 1.29 is 4.79 Å². The molecule has 0 radical (unpaired) electrons. The van der Waals surface area contributed by atoms with Crippen LogP contribution in [0.4, 0.5) is 5.69 Å². The smallest absolute Gasteiger partial charge is 0.269 e. The number of amides is 1. The second-order valence-electron chi connectivity index (χ2n) is 6.77. The van der Waals surface area contributed by atoms with Crippen molar-refractivity contribution in [3.63, 3.8) is 0 Å². The van der Waals surface area contributed by atoms with Crippen molar-refractivity contribution in [2.45, 2.75) is 32.1 Å². The Morgan fingerprint density at radius 2 is 1.91 bits per heavy atom. The minimum Gasteiger partial charge on any atom is -0.370 e. The number of pyridine rings is 1. The molecule has 1 amide bonds. The number of carbonyl (C=O) groups is 1. The molecule has 0 saturated carbocycles. The first-order valence-corrected chi connectivity index (χ1v) is 8.91. The van der Waals surface area contributed by atoms with E-state index in [4.69, 9.17) is 0 Å². The van der Waals surface area contributed by atoms with Gasteiger partial charge >= 0.3 is 0 Å². The fourth-order valence-electron chi connectivity index (χ4n) is 3.72. The van der Waals surface area contributed by atoms with Gasteiger partial charge in [-0.2, -0.15) is 0 Å². The summed E-state index contributed by atoms with van der Waals surface area (Å²) in [6, 6.07) is 3.83. The number of hydrogen-bond donors (Lipinski definition) is 1. The van der Waals surface area contributed by atoms with Gasteiger partial charge in [0.15, 0.2) is 0 Å². The van der Waals surface area contributed by atoms with Crippen LogP contribution in [-0.4, -0.2) is 55.6 Å². The summed E-state index contributed by atoms with van der Waals surface area (Å²) < 4.78 is 0. The first-order chi connectivity index (χ1) is 11.3. The van der Waals surface area contributed by atoms with Gasteiger partial charge in [-0.1, -0.05) is 6.42 Å². The van der Waals surface area contributed by atoms with Gasteiger partial charge in [-0.3, -0.25) is 4.79 Å². The third kappa shape index (κ3) is 4.22. The molecule has 3 rings (SSSR count).